The van der Waals surface area contributed by atoms with Crippen molar-refractivity contribution in [2.75, 3.05) is 7.11 Å². The lowest BCUT2D eigenvalue weighted by molar-refractivity contribution is 0.0599. The van der Waals surface area contributed by atoms with Gasteiger partial charge >= 0.3 is 11.9 Å². The second-order valence-electron chi connectivity index (χ2n) is 2.61. The lowest BCUT2D eigenvalue weighted by atomic mass is 10.1. The Kier molecular flexibility index (Phi) is 3.41. The van der Waals surface area contributed by atoms with Gasteiger partial charge in [0, 0.05) is 4.47 Å². The molecule has 0 heterocycles. The Balaban J connectivity index is 3.41. The highest BCUT2D eigenvalue weighted by molar-refractivity contribution is 9.10. The Hall–Kier alpha value is -1.43. The molecule has 80 valence electrons. The van der Waals surface area contributed by atoms with Crippen molar-refractivity contribution in [1.82, 2.24) is 0 Å². The first-order valence-corrected chi connectivity index (χ1v) is 4.57. The van der Waals surface area contributed by atoms with Crippen LogP contribution in [0.3, 0.4) is 0 Å². The molecular formula is C9H6BrFO4. The van der Waals surface area contributed by atoms with Crippen molar-refractivity contribution in [3.05, 3.63) is 33.5 Å². The number of benzene rings is 1. The zero-order valence-corrected chi connectivity index (χ0v) is 9.17. The zero-order chi connectivity index (χ0) is 11.6. The van der Waals surface area contributed by atoms with E-state index >= 15 is 0 Å². The van der Waals surface area contributed by atoms with Crippen LogP contribution in [0, 0.1) is 5.82 Å². The van der Waals surface area contributed by atoms with Gasteiger partial charge in [-0.3, -0.25) is 0 Å². The third kappa shape index (κ3) is 2.33. The van der Waals surface area contributed by atoms with Gasteiger partial charge in [-0.25, -0.2) is 14.0 Å². The van der Waals surface area contributed by atoms with E-state index in [1.807, 2.05) is 0 Å². The molecule has 1 N–H and O–H groups in total. The highest BCUT2D eigenvalue weighted by Crippen LogP contribution is 2.24. The van der Waals surface area contributed by atoms with Gasteiger partial charge in [0.2, 0.25) is 0 Å². The summed E-state index contributed by atoms with van der Waals surface area (Å²) in [5, 5.41) is 8.72. The molecule has 1 rings (SSSR count). The molecule has 0 spiro atoms. The van der Waals surface area contributed by atoms with E-state index < -0.39 is 17.8 Å². The smallest absolute Gasteiger partial charge is 0.339 e. The molecule has 0 saturated heterocycles. The normalized spacial score (nSPS) is 9.80. The second kappa shape index (κ2) is 4.39. The Morgan fingerprint density at radius 2 is 1.93 bits per heavy atom. The Bertz CT molecular complexity index is 430. The number of methoxy groups -OCH3 is 1. The predicted octanol–water partition coefficient (Wildman–Crippen LogP) is 2.07. The summed E-state index contributed by atoms with van der Waals surface area (Å²) in [6, 6.07) is 1.72. The van der Waals surface area contributed by atoms with Gasteiger partial charge in [0.15, 0.2) is 0 Å². The summed E-state index contributed by atoms with van der Waals surface area (Å²) in [6.07, 6.45) is 0. The van der Waals surface area contributed by atoms with Crippen LogP contribution >= 0.6 is 15.9 Å². The molecule has 0 aliphatic rings. The van der Waals surface area contributed by atoms with E-state index in [9.17, 15) is 14.0 Å². The van der Waals surface area contributed by atoms with E-state index in [4.69, 9.17) is 5.11 Å². The Morgan fingerprint density at radius 3 is 2.40 bits per heavy atom. The third-order valence-corrected chi connectivity index (χ3v) is 2.53. The largest absolute Gasteiger partial charge is 0.478 e. The molecule has 0 atom stereocenters. The van der Waals surface area contributed by atoms with E-state index in [0.717, 1.165) is 19.2 Å². The van der Waals surface area contributed by atoms with Crippen molar-refractivity contribution >= 4 is 27.9 Å². The number of carbonyl (C=O) groups excluding carboxylic acids is 1. The highest BCUT2D eigenvalue weighted by Gasteiger charge is 2.19. The van der Waals surface area contributed by atoms with Crippen molar-refractivity contribution in [1.29, 1.82) is 0 Å². The molecule has 1 aromatic rings. The fraction of sp³-hybridized carbons (Fsp3) is 0.111. The molecule has 15 heavy (non-hydrogen) atoms. The summed E-state index contributed by atoms with van der Waals surface area (Å²) in [6.45, 7) is 0. The molecule has 6 heteroatoms. The summed E-state index contributed by atoms with van der Waals surface area (Å²) in [4.78, 5) is 21.8. The molecular weight excluding hydrogens is 271 g/mol. The van der Waals surface area contributed by atoms with E-state index in [-0.39, 0.29) is 15.6 Å². The number of hydrogen-bond acceptors (Lipinski definition) is 3. The molecule has 0 aliphatic heterocycles. The summed E-state index contributed by atoms with van der Waals surface area (Å²) in [5.41, 5.74) is -0.481. The van der Waals surface area contributed by atoms with Crippen LogP contribution in [0.15, 0.2) is 16.6 Å². The third-order valence-electron chi connectivity index (χ3n) is 1.67. The number of esters is 1. The summed E-state index contributed by atoms with van der Waals surface area (Å²) in [5.74, 6) is -2.94. The maximum Gasteiger partial charge on any atom is 0.339 e. The number of halogens is 2. The lowest BCUT2D eigenvalue weighted by Gasteiger charge is -2.05. The topological polar surface area (TPSA) is 63.6 Å². The molecule has 4 nitrogen and oxygen atoms in total. The standard InChI is InChI=1S/C9H6BrFO4/c1-15-9(14)6-3-4(11)2-5(7(6)10)8(12)13/h2-3H,1H3,(H,12,13). The van der Waals surface area contributed by atoms with Crippen LogP contribution < -0.4 is 0 Å². The van der Waals surface area contributed by atoms with Gasteiger partial charge in [0.05, 0.1) is 18.2 Å². The van der Waals surface area contributed by atoms with E-state index in [1.54, 1.807) is 0 Å². The number of carboxylic acid groups (broad SMARTS) is 1. The van der Waals surface area contributed by atoms with Gasteiger partial charge in [-0.05, 0) is 28.1 Å². The zero-order valence-electron chi connectivity index (χ0n) is 7.58. The summed E-state index contributed by atoms with van der Waals surface area (Å²) in [7, 11) is 1.13. The molecule has 0 unspecified atom stereocenters. The van der Waals surface area contributed by atoms with Crippen molar-refractivity contribution in [3.63, 3.8) is 0 Å². The quantitative estimate of drug-likeness (QED) is 0.840. The molecule has 0 radical (unpaired) electrons. The number of carboxylic acids is 1. The van der Waals surface area contributed by atoms with Gasteiger partial charge in [-0.15, -0.1) is 0 Å². The average Bonchev–Trinajstić information content (AvgIpc) is 2.19. The first kappa shape index (κ1) is 11.6. The van der Waals surface area contributed by atoms with E-state index in [1.165, 1.54) is 0 Å². The van der Waals surface area contributed by atoms with E-state index in [2.05, 4.69) is 20.7 Å². The molecule has 0 saturated carbocycles. The van der Waals surface area contributed by atoms with Crippen LogP contribution in [-0.4, -0.2) is 24.2 Å². The summed E-state index contributed by atoms with van der Waals surface area (Å²) < 4.78 is 17.4. The van der Waals surface area contributed by atoms with Crippen molar-refractivity contribution < 1.29 is 23.8 Å². The number of ether oxygens (including phenoxy) is 1. The first-order valence-electron chi connectivity index (χ1n) is 3.78. The lowest BCUT2D eigenvalue weighted by Crippen LogP contribution is -2.08. The van der Waals surface area contributed by atoms with Crippen LogP contribution in [0.2, 0.25) is 0 Å². The Labute approximate surface area is 92.8 Å². The van der Waals surface area contributed by atoms with Crippen LogP contribution in [0.25, 0.3) is 0 Å². The monoisotopic (exact) mass is 276 g/mol. The first-order chi connectivity index (χ1) is 6.97. The molecule has 0 aliphatic carbocycles. The maximum absolute atomic E-state index is 13.0. The Morgan fingerprint density at radius 1 is 1.40 bits per heavy atom. The number of carbonyl (C=O) groups is 2. The predicted molar refractivity (Wildman–Crippen MR) is 52.4 cm³/mol. The number of aromatic carboxylic acids is 1. The summed E-state index contributed by atoms with van der Waals surface area (Å²) >= 11 is 2.91. The van der Waals surface area contributed by atoms with Gasteiger partial charge in [0.1, 0.15) is 5.82 Å². The highest BCUT2D eigenvalue weighted by atomic mass is 79.9. The van der Waals surface area contributed by atoms with Crippen LogP contribution in [0.4, 0.5) is 4.39 Å². The average molecular weight is 277 g/mol. The number of rotatable bonds is 2. The number of hydrogen-bond donors (Lipinski definition) is 1. The van der Waals surface area contributed by atoms with Crippen molar-refractivity contribution in [3.8, 4) is 0 Å². The minimum absolute atomic E-state index is 0.00301. The van der Waals surface area contributed by atoms with Gasteiger partial charge < -0.3 is 9.84 Å². The van der Waals surface area contributed by atoms with Gasteiger partial charge in [-0.2, -0.15) is 0 Å². The molecule has 1 aromatic carbocycles. The molecule has 0 bridgehead atoms. The fourth-order valence-corrected chi connectivity index (χ4v) is 1.56. The molecule has 0 amide bonds. The van der Waals surface area contributed by atoms with Crippen LogP contribution in [-0.2, 0) is 4.74 Å². The van der Waals surface area contributed by atoms with Crippen LogP contribution in [0.1, 0.15) is 20.7 Å². The van der Waals surface area contributed by atoms with Crippen molar-refractivity contribution in [2.45, 2.75) is 0 Å². The maximum atomic E-state index is 13.0. The second-order valence-corrected chi connectivity index (χ2v) is 3.40. The van der Waals surface area contributed by atoms with Crippen LogP contribution in [0.5, 0.6) is 0 Å². The molecule has 0 fully saturated rings. The molecule has 0 aromatic heterocycles. The van der Waals surface area contributed by atoms with Gasteiger partial charge in [0.25, 0.3) is 0 Å². The minimum Gasteiger partial charge on any atom is -0.478 e. The van der Waals surface area contributed by atoms with Gasteiger partial charge in [-0.1, -0.05) is 0 Å². The fourth-order valence-electron chi connectivity index (χ4n) is 1.00. The SMILES string of the molecule is COC(=O)c1cc(F)cc(C(=O)O)c1Br. The van der Waals surface area contributed by atoms with Crippen molar-refractivity contribution in [2.24, 2.45) is 0 Å². The van der Waals surface area contributed by atoms with E-state index in [0.29, 0.717) is 0 Å². The minimum atomic E-state index is -1.33.